The molecule has 0 N–H and O–H groups in total. The zero-order valence-corrected chi connectivity index (χ0v) is 12.0. The highest BCUT2D eigenvalue weighted by molar-refractivity contribution is 5.75. The van der Waals surface area contributed by atoms with E-state index < -0.39 is 0 Å². The lowest BCUT2D eigenvalue weighted by Gasteiger charge is -2.20. The van der Waals surface area contributed by atoms with Crippen LogP contribution in [-0.4, -0.2) is 5.97 Å². The van der Waals surface area contributed by atoms with Crippen molar-refractivity contribution in [2.45, 2.75) is 58.3 Å². The Morgan fingerprint density at radius 1 is 1.32 bits per heavy atom. The predicted octanol–water partition coefficient (Wildman–Crippen LogP) is 4.69. The maximum atomic E-state index is 12.1. The Balaban J connectivity index is 2.00. The second-order valence-electron chi connectivity index (χ2n) is 5.64. The summed E-state index contributed by atoms with van der Waals surface area (Å²) in [7, 11) is 0. The molecule has 1 atom stereocenters. The smallest absolute Gasteiger partial charge is 0.314 e. The molecule has 2 heteroatoms. The molecule has 1 unspecified atom stereocenters. The van der Waals surface area contributed by atoms with Gasteiger partial charge in [-0.1, -0.05) is 45.2 Å². The van der Waals surface area contributed by atoms with Crippen LogP contribution in [0.4, 0.5) is 0 Å². The van der Waals surface area contributed by atoms with Crippen LogP contribution in [0.25, 0.3) is 0 Å². The zero-order valence-electron chi connectivity index (χ0n) is 12.0. The summed E-state index contributed by atoms with van der Waals surface area (Å²) in [6.45, 7) is 4.37. The summed E-state index contributed by atoms with van der Waals surface area (Å²) in [6.07, 6.45) is 6.65. The van der Waals surface area contributed by atoms with Crippen LogP contribution in [0.1, 0.15) is 63.9 Å². The van der Waals surface area contributed by atoms with Gasteiger partial charge in [-0.05, 0) is 42.9 Å². The second kappa shape index (κ2) is 6.74. The second-order valence-corrected chi connectivity index (χ2v) is 5.64. The Kier molecular flexibility index (Phi) is 5.00. The molecular weight excluding hydrogens is 236 g/mol. The third-order valence-corrected chi connectivity index (χ3v) is 4.20. The Labute approximate surface area is 116 Å². The third kappa shape index (κ3) is 3.82. The van der Waals surface area contributed by atoms with Crippen LogP contribution < -0.4 is 4.74 Å². The van der Waals surface area contributed by atoms with Crippen molar-refractivity contribution in [1.82, 2.24) is 0 Å². The standard InChI is InChI=1S/C17H24O2/c1-3-13(2)15-10-7-11-16(12-15)19-17(18)14-8-5-4-6-9-14/h7,10-14H,3-6,8-9H2,1-2H3. The normalized spacial score (nSPS) is 18.0. The van der Waals surface area contributed by atoms with Gasteiger partial charge in [0.25, 0.3) is 0 Å². The molecule has 0 aliphatic heterocycles. The van der Waals surface area contributed by atoms with E-state index in [9.17, 15) is 4.79 Å². The molecule has 2 nitrogen and oxygen atoms in total. The van der Waals surface area contributed by atoms with E-state index in [0.717, 1.165) is 32.1 Å². The SMILES string of the molecule is CCC(C)c1cccc(OC(=O)C2CCCCC2)c1. The molecule has 0 spiro atoms. The van der Waals surface area contributed by atoms with Gasteiger partial charge >= 0.3 is 5.97 Å². The molecule has 1 aliphatic rings. The van der Waals surface area contributed by atoms with Crippen LogP contribution in [-0.2, 0) is 4.79 Å². The largest absolute Gasteiger partial charge is 0.426 e. The number of carbonyl (C=O) groups is 1. The van der Waals surface area contributed by atoms with Crippen molar-refractivity contribution < 1.29 is 9.53 Å². The van der Waals surface area contributed by atoms with Crippen molar-refractivity contribution in [2.24, 2.45) is 5.92 Å². The molecule has 1 saturated carbocycles. The van der Waals surface area contributed by atoms with E-state index in [1.165, 1.54) is 12.0 Å². The molecule has 1 fully saturated rings. The zero-order chi connectivity index (χ0) is 13.7. The van der Waals surface area contributed by atoms with Crippen molar-refractivity contribution in [2.75, 3.05) is 0 Å². The fraction of sp³-hybridized carbons (Fsp3) is 0.588. The highest BCUT2D eigenvalue weighted by Gasteiger charge is 2.23. The summed E-state index contributed by atoms with van der Waals surface area (Å²) in [6, 6.07) is 7.97. The van der Waals surface area contributed by atoms with Crippen molar-refractivity contribution >= 4 is 5.97 Å². The summed E-state index contributed by atoms with van der Waals surface area (Å²) < 4.78 is 5.55. The van der Waals surface area contributed by atoms with Gasteiger partial charge in [-0.2, -0.15) is 0 Å². The topological polar surface area (TPSA) is 26.3 Å². The lowest BCUT2D eigenvalue weighted by Crippen LogP contribution is -2.22. The van der Waals surface area contributed by atoms with E-state index in [1.807, 2.05) is 18.2 Å². The van der Waals surface area contributed by atoms with Crippen LogP contribution in [0.3, 0.4) is 0 Å². The minimum atomic E-state index is -0.0407. The van der Waals surface area contributed by atoms with Gasteiger partial charge in [0, 0.05) is 0 Å². The molecule has 0 aromatic heterocycles. The van der Waals surface area contributed by atoms with E-state index in [1.54, 1.807) is 0 Å². The van der Waals surface area contributed by atoms with Crippen molar-refractivity contribution in [3.05, 3.63) is 29.8 Å². The van der Waals surface area contributed by atoms with Gasteiger partial charge < -0.3 is 4.74 Å². The summed E-state index contributed by atoms with van der Waals surface area (Å²) in [4.78, 5) is 12.1. The van der Waals surface area contributed by atoms with Gasteiger partial charge in [0.2, 0.25) is 0 Å². The quantitative estimate of drug-likeness (QED) is 0.580. The fourth-order valence-electron chi connectivity index (χ4n) is 2.66. The first-order chi connectivity index (χ1) is 9.20. The molecule has 1 aliphatic carbocycles. The molecule has 0 radical (unpaired) electrons. The first kappa shape index (κ1) is 14.1. The Hall–Kier alpha value is -1.31. The van der Waals surface area contributed by atoms with Crippen LogP contribution >= 0.6 is 0 Å². The minimum absolute atomic E-state index is 0.0407. The van der Waals surface area contributed by atoms with Gasteiger partial charge in [0.15, 0.2) is 0 Å². The summed E-state index contributed by atoms with van der Waals surface area (Å²) >= 11 is 0. The van der Waals surface area contributed by atoms with Gasteiger partial charge in [-0.15, -0.1) is 0 Å². The molecule has 0 amide bonds. The molecular formula is C17H24O2. The number of esters is 1. The summed E-state index contributed by atoms with van der Waals surface area (Å²) in [5.74, 6) is 1.28. The number of carbonyl (C=O) groups excluding carboxylic acids is 1. The number of hydrogen-bond donors (Lipinski definition) is 0. The maximum absolute atomic E-state index is 12.1. The van der Waals surface area contributed by atoms with Crippen molar-refractivity contribution in [3.63, 3.8) is 0 Å². The monoisotopic (exact) mass is 260 g/mol. The fourth-order valence-corrected chi connectivity index (χ4v) is 2.66. The highest BCUT2D eigenvalue weighted by Crippen LogP contribution is 2.27. The molecule has 1 aromatic rings. The van der Waals surface area contributed by atoms with E-state index in [0.29, 0.717) is 11.7 Å². The van der Waals surface area contributed by atoms with Crippen LogP contribution in [0, 0.1) is 5.92 Å². The molecule has 0 saturated heterocycles. The van der Waals surface area contributed by atoms with Crippen molar-refractivity contribution in [1.29, 1.82) is 0 Å². The third-order valence-electron chi connectivity index (χ3n) is 4.20. The van der Waals surface area contributed by atoms with Gasteiger partial charge in [0.05, 0.1) is 5.92 Å². The molecule has 0 bridgehead atoms. The number of ether oxygens (including phenoxy) is 1. The number of hydrogen-bond acceptors (Lipinski definition) is 2. The molecule has 19 heavy (non-hydrogen) atoms. The van der Waals surface area contributed by atoms with E-state index in [2.05, 4.69) is 19.9 Å². The average molecular weight is 260 g/mol. The maximum Gasteiger partial charge on any atom is 0.314 e. The highest BCUT2D eigenvalue weighted by atomic mass is 16.5. The Morgan fingerprint density at radius 3 is 2.74 bits per heavy atom. The number of benzene rings is 1. The first-order valence-corrected chi connectivity index (χ1v) is 7.52. The van der Waals surface area contributed by atoms with E-state index in [-0.39, 0.29) is 11.9 Å². The van der Waals surface area contributed by atoms with Crippen LogP contribution in [0.5, 0.6) is 5.75 Å². The van der Waals surface area contributed by atoms with Gasteiger partial charge in [-0.3, -0.25) is 4.79 Å². The van der Waals surface area contributed by atoms with Crippen LogP contribution in [0.15, 0.2) is 24.3 Å². The lowest BCUT2D eigenvalue weighted by molar-refractivity contribution is -0.139. The summed E-state index contributed by atoms with van der Waals surface area (Å²) in [5.41, 5.74) is 1.25. The Morgan fingerprint density at radius 2 is 2.05 bits per heavy atom. The minimum Gasteiger partial charge on any atom is -0.426 e. The predicted molar refractivity (Wildman–Crippen MR) is 77.4 cm³/mol. The lowest BCUT2D eigenvalue weighted by atomic mass is 9.89. The molecule has 2 rings (SSSR count). The van der Waals surface area contributed by atoms with E-state index >= 15 is 0 Å². The van der Waals surface area contributed by atoms with Crippen molar-refractivity contribution in [3.8, 4) is 5.75 Å². The molecule has 1 aromatic carbocycles. The number of rotatable bonds is 4. The summed E-state index contributed by atoms with van der Waals surface area (Å²) in [5, 5.41) is 0. The van der Waals surface area contributed by atoms with E-state index in [4.69, 9.17) is 4.74 Å². The molecule has 104 valence electrons. The average Bonchev–Trinajstić information content (AvgIpc) is 2.47. The van der Waals surface area contributed by atoms with Gasteiger partial charge in [-0.25, -0.2) is 0 Å². The Bertz CT molecular complexity index is 419. The first-order valence-electron chi connectivity index (χ1n) is 7.52. The molecule has 0 heterocycles. The van der Waals surface area contributed by atoms with Gasteiger partial charge in [0.1, 0.15) is 5.75 Å². The van der Waals surface area contributed by atoms with Crippen LogP contribution in [0.2, 0.25) is 0 Å².